The molecule has 17 heavy (non-hydrogen) atoms. The number of aryl methyl sites for hydroxylation is 1. The molecule has 1 N–H and O–H groups in total. The lowest BCUT2D eigenvalue weighted by molar-refractivity contribution is -0.118. The van der Waals surface area contributed by atoms with E-state index in [9.17, 15) is 4.79 Å². The molecule has 1 aliphatic heterocycles. The van der Waals surface area contributed by atoms with Gasteiger partial charge >= 0.3 is 0 Å². The van der Waals surface area contributed by atoms with Gasteiger partial charge in [-0.1, -0.05) is 34.9 Å². The summed E-state index contributed by atoms with van der Waals surface area (Å²) in [5.74, 6) is 0.920. The molecule has 2 heterocycles. The maximum Gasteiger partial charge on any atom is 0.239 e. The maximum atomic E-state index is 11.8. The lowest BCUT2D eigenvalue weighted by Gasteiger charge is -2.09. The topological polar surface area (TPSA) is 67.2 Å². The lowest BCUT2D eigenvalue weighted by atomic mass is 10.4. The van der Waals surface area contributed by atoms with Crippen LogP contribution in [0.2, 0.25) is 0 Å². The Bertz CT molecular complexity index is 445. The van der Waals surface area contributed by atoms with E-state index in [0.29, 0.717) is 0 Å². The van der Waals surface area contributed by atoms with Crippen molar-refractivity contribution in [1.82, 2.24) is 15.5 Å². The molecule has 0 bridgehead atoms. The van der Waals surface area contributed by atoms with Crippen LogP contribution in [0.5, 0.6) is 0 Å². The third-order valence-electron chi connectivity index (χ3n) is 1.97. The Morgan fingerprint density at radius 1 is 1.53 bits per heavy atom. The monoisotopic (exact) mass is 288 g/mol. The Balaban J connectivity index is 1.86. The molecular weight excluding hydrogens is 276 g/mol. The van der Waals surface area contributed by atoms with E-state index in [-0.39, 0.29) is 11.2 Å². The summed E-state index contributed by atoms with van der Waals surface area (Å²) in [5.41, 5.74) is 0. The van der Waals surface area contributed by atoms with Crippen LogP contribution < -0.4 is 5.32 Å². The Kier molecular flexibility index (Phi) is 4.41. The number of aliphatic imine (C=N–C) groups is 1. The van der Waals surface area contributed by atoms with Crippen molar-refractivity contribution in [3.63, 3.8) is 0 Å². The second-order valence-corrected chi connectivity index (χ2v) is 7.22. The third-order valence-corrected chi connectivity index (χ3v) is 4.88. The maximum absolute atomic E-state index is 11.8. The number of hydrogen-bond donors (Lipinski definition) is 1. The second kappa shape index (κ2) is 5.83. The number of rotatable bonds is 3. The smallest absolute Gasteiger partial charge is 0.239 e. The van der Waals surface area contributed by atoms with Crippen LogP contribution in [0.4, 0.5) is 0 Å². The summed E-state index contributed by atoms with van der Waals surface area (Å²) in [6.07, 6.45) is 0. The first kappa shape index (κ1) is 12.8. The van der Waals surface area contributed by atoms with Gasteiger partial charge in [0.25, 0.3) is 0 Å². The molecule has 1 aromatic rings. The number of carbonyl (C=O) groups excluding carboxylic acids is 1. The van der Waals surface area contributed by atoms with Crippen molar-refractivity contribution in [3.05, 3.63) is 5.01 Å². The minimum absolute atomic E-state index is 0.0315. The molecule has 1 atom stereocenters. The molecule has 0 aliphatic carbocycles. The first-order valence-electron chi connectivity index (χ1n) is 5.10. The lowest BCUT2D eigenvalue weighted by Crippen LogP contribution is -2.33. The van der Waals surface area contributed by atoms with E-state index in [2.05, 4.69) is 20.5 Å². The summed E-state index contributed by atoms with van der Waals surface area (Å²) in [6.45, 7) is 4.55. The van der Waals surface area contributed by atoms with Gasteiger partial charge in [-0.3, -0.25) is 9.79 Å². The fourth-order valence-corrected chi connectivity index (χ4v) is 3.84. The Labute approximate surface area is 112 Å². The van der Waals surface area contributed by atoms with Gasteiger partial charge in [0.2, 0.25) is 5.91 Å². The van der Waals surface area contributed by atoms with Crippen LogP contribution in [0.15, 0.2) is 9.33 Å². The fourth-order valence-electron chi connectivity index (χ4n) is 1.15. The zero-order valence-electron chi connectivity index (χ0n) is 9.47. The number of nitrogens with one attached hydrogen (secondary N) is 1. The van der Waals surface area contributed by atoms with Gasteiger partial charge in [0.05, 0.1) is 11.8 Å². The zero-order chi connectivity index (χ0) is 12.3. The number of carbonyl (C=O) groups is 1. The molecule has 1 aliphatic rings. The fraction of sp³-hybridized carbons (Fsp3) is 0.556. The highest BCUT2D eigenvalue weighted by Crippen LogP contribution is 2.26. The number of amides is 1. The predicted octanol–water partition coefficient (Wildman–Crippen LogP) is 1.55. The van der Waals surface area contributed by atoms with Crippen molar-refractivity contribution in [1.29, 1.82) is 0 Å². The summed E-state index contributed by atoms with van der Waals surface area (Å²) >= 11 is 4.51. The first-order chi connectivity index (χ1) is 8.15. The highest BCUT2D eigenvalue weighted by atomic mass is 32.2. The van der Waals surface area contributed by atoms with Crippen LogP contribution in [0.1, 0.15) is 11.9 Å². The van der Waals surface area contributed by atoms with Gasteiger partial charge in [0, 0.05) is 5.75 Å². The van der Waals surface area contributed by atoms with Gasteiger partial charge in [0.15, 0.2) is 9.51 Å². The molecule has 0 saturated carbocycles. The molecule has 1 amide bonds. The van der Waals surface area contributed by atoms with Crippen molar-refractivity contribution < 1.29 is 4.79 Å². The minimum atomic E-state index is -0.189. The average molecular weight is 288 g/mol. The van der Waals surface area contributed by atoms with Gasteiger partial charge in [-0.25, -0.2) is 0 Å². The zero-order valence-corrected chi connectivity index (χ0v) is 11.9. The van der Waals surface area contributed by atoms with Gasteiger partial charge in [-0.15, -0.1) is 10.2 Å². The largest absolute Gasteiger partial charge is 0.304 e. The number of thioether (sulfide) groups is 2. The van der Waals surface area contributed by atoms with Crippen LogP contribution in [-0.4, -0.2) is 38.8 Å². The summed E-state index contributed by atoms with van der Waals surface area (Å²) in [4.78, 5) is 16.0. The average Bonchev–Trinajstić information content (AvgIpc) is 2.90. The van der Waals surface area contributed by atoms with Gasteiger partial charge in [-0.05, 0) is 13.8 Å². The molecule has 0 saturated heterocycles. The van der Waals surface area contributed by atoms with E-state index in [1.807, 2.05) is 13.8 Å². The highest BCUT2D eigenvalue weighted by Gasteiger charge is 2.19. The molecule has 1 aromatic heterocycles. The molecule has 8 heteroatoms. The summed E-state index contributed by atoms with van der Waals surface area (Å²) in [7, 11) is 0. The Morgan fingerprint density at radius 3 is 2.94 bits per heavy atom. The molecule has 0 aromatic carbocycles. The van der Waals surface area contributed by atoms with Gasteiger partial charge < -0.3 is 5.32 Å². The van der Waals surface area contributed by atoms with E-state index in [0.717, 1.165) is 26.8 Å². The van der Waals surface area contributed by atoms with Crippen molar-refractivity contribution in [3.8, 4) is 0 Å². The van der Waals surface area contributed by atoms with Crippen molar-refractivity contribution in [2.75, 3.05) is 12.3 Å². The predicted molar refractivity (Wildman–Crippen MR) is 72.9 cm³/mol. The molecule has 92 valence electrons. The van der Waals surface area contributed by atoms with Gasteiger partial charge in [-0.2, -0.15) is 0 Å². The van der Waals surface area contributed by atoms with E-state index in [1.54, 1.807) is 11.8 Å². The van der Waals surface area contributed by atoms with E-state index >= 15 is 0 Å². The molecule has 1 unspecified atom stereocenters. The van der Waals surface area contributed by atoms with E-state index < -0.39 is 0 Å². The highest BCUT2D eigenvalue weighted by molar-refractivity contribution is 8.14. The standard InChI is InChI=1S/C9H12N4OS3/c1-5(16-9-13-12-6(2)17-9)7(14)11-8-10-3-4-15-8/h5H,3-4H2,1-2H3,(H,10,11,14). The molecular formula is C9H12N4OS3. The molecule has 0 spiro atoms. The van der Waals surface area contributed by atoms with E-state index in [1.165, 1.54) is 23.1 Å². The number of aromatic nitrogens is 2. The first-order valence-corrected chi connectivity index (χ1v) is 7.78. The SMILES string of the molecule is Cc1nnc(SC(C)C(=O)NC2=NCCS2)s1. The summed E-state index contributed by atoms with van der Waals surface area (Å²) < 4.78 is 0.825. The van der Waals surface area contributed by atoms with E-state index in [4.69, 9.17) is 0 Å². The number of hydrogen-bond acceptors (Lipinski definition) is 7. The number of nitrogens with zero attached hydrogens (tertiary/aromatic N) is 3. The van der Waals surface area contributed by atoms with Crippen molar-refractivity contribution in [2.45, 2.75) is 23.4 Å². The van der Waals surface area contributed by atoms with Gasteiger partial charge in [0.1, 0.15) is 5.01 Å². The summed E-state index contributed by atoms with van der Waals surface area (Å²) in [5, 5.41) is 12.2. The summed E-state index contributed by atoms with van der Waals surface area (Å²) in [6, 6.07) is 0. The Hall–Kier alpha value is -0.600. The minimum Gasteiger partial charge on any atom is -0.304 e. The quantitative estimate of drug-likeness (QED) is 0.855. The van der Waals surface area contributed by atoms with Crippen molar-refractivity contribution >= 4 is 45.9 Å². The number of amidine groups is 1. The third kappa shape index (κ3) is 3.68. The molecule has 0 fully saturated rings. The second-order valence-electron chi connectivity index (χ2n) is 3.37. The van der Waals surface area contributed by atoms with Crippen LogP contribution in [-0.2, 0) is 4.79 Å². The van der Waals surface area contributed by atoms with Crippen LogP contribution in [0.3, 0.4) is 0 Å². The Morgan fingerprint density at radius 2 is 2.35 bits per heavy atom. The van der Waals surface area contributed by atoms with Crippen LogP contribution in [0, 0.1) is 6.92 Å². The molecule has 0 radical (unpaired) electrons. The molecule has 2 rings (SSSR count). The normalized spacial score (nSPS) is 16.7. The van der Waals surface area contributed by atoms with Crippen molar-refractivity contribution in [2.24, 2.45) is 4.99 Å². The van der Waals surface area contributed by atoms with Crippen LogP contribution in [0.25, 0.3) is 0 Å². The van der Waals surface area contributed by atoms with Crippen LogP contribution >= 0.6 is 34.9 Å². The molecule has 5 nitrogen and oxygen atoms in total.